The lowest BCUT2D eigenvalue weighted by molar-refractivity contribution is 0.173. The fraction of sp³-hybridized carbons (Fsp3) is 0.647. The molecule has 1 unspecified atom stereocenters. The van der Waals surface area contributed by atoms with Crippen molar-refractivity contribution in [3.05, 3.63) is 22.9 Å². The molecule has 3 rings (SSSR count). The predicted molar refractivity (Wildman–Crippen MR) is 84.4 cm³/mol. The normalized spacial score (nSPS) is 25.9. The van der Waals surface area contributed by atoms with Gasteiger partial charge in [-0.1, -0.05) is 0 Å². The Kier molecular flexibility index (Phi) is 3.86. The molecule has 0 bridgehead atoms. The number of nitriles is 1. The van der Waals surface area contributed by atoms with E-state index in [0.29, 0.717) is 5.41 Å². The fourth-order valence-electron chi connectivity index (χ4n) is 3.95. The Morgan fingerprint density at radius 3 is 2.86 bits per heavy atom. The third-order valence-corrected chi connectivity index (χ3v) is 4.96. The molecular weight excluding hydrogens is 260 g/mol. The SMILES string of the molecule is Cc1cc(C)c(C#N)c(N2CCCC3(CCCNC3)C2)n1. The van der Waals surface area contributed by atoms with Gasteiger partial charge in [-0.15, -0.1) is 0 Å². The number of pyridine rings is 1. The first-order chi connectivity index (χ1) is 10.1. The Hall–Kier alpha value is -1.60. The van der Waals surface area contributed by atoms with Crippen LogP contribution >= 0.6 is 0 Å². The average Bonchev–Trinajstić information content (AvgIpc) is 2.47. The van der Waals surface area contributed by atoms with Gasteiger partial charge in [0.15, 0.2) is 0 Å². The highest BCUT2D eigenvalue weighted by atomic mass is 15.2. The van der Waals surface area contributed by atoms with E-state index in [4.69, 9.17) is 0 Å². The van der Waals surface area contributed by atoms with Gasteiger partial charge in [-0.3, -0.25) is 0 Å². The summed E-state index contributed by atoms with van der Waals surface area (Å²) in [6.07, 6.45) is 5.05. The minimum Gasteiger partial charge on any atom is -0.355 e. The van der Waals surface area contributed by atoms with Crippen molar-refractivity contribution in [2.24, 2.45) is 5.41 Å². The summed E-state index contributed by atoms with van der Waals surface area (Å²) in [7, 11) is 0. The van der Waals surface area contributed by atoms with Gasteiger partial charge in [0.2, 0.25) is 0 Å². The zero-order valence-electron chi connectivity index (χ0n) is 13.1. The van der Waals surface area contributed by atoms with Crippen LogP contribution in [0.15, 0.2) is 6.07 Å². The van der Waals surface area contributed by atoms with E-state index in [1.807, 2.05) is 19.9 Å². The summed E-state index contributed by atoms with van der Waals surface area (Å²) >= 11 is 0. The number of rotatable bonds is 1. The summed E-state index contributed by atoms with van der Waals surface area (Å²) in [6, 6.07) is 4.36. The number of hydrogen-bond acceptors (Lipinski definition) is 4. The Balaban J connectivity index is 1.92. The highest BCUT2D eigenvalue weighted by molar-refractivity contribution is 5.58. The lowest BCUT2D eigenvalue weighted by atomic mass is 9.74. The van der Waals surface area contributed by atoms with Crippen molar-refractivity contribution in [2.45, 2.75) is 39.5 Å². The topological polar surface area (TPSA) is 52.0 Å². The zero-order valence-corrected chi connectivity index (χ0v) is 13.1. The van der Waals surface area contributed by atoms with Crippen molar-refractivity contribution in [2.75, 3.05) is 31.1 Å². The van der Waals surface area contributed by atoms with Gasteiger partial charge < -0.3 is 10.2 Å². The Bertz CT molecular complexity index is 561. The molecule has 0 amide bonds. The zero-order chi connectivity index (χ0) is 14.9. The molecule has 2 fully saturated rings. The second-order valence-corrected chi connectivity index (χ2v) is 6.70. The minimum atomic E-state index is 0.378. The summed E-state index contributed by atoms with van der Waals surface area (Å²) < 4.78 is 0. The number of anilines is 1. The molecule has 4 heteroatoms. The maximum atomic E-state index is 9.49. The molecule has 3 heterocycles. The van der Waals surface area contributed by atoms with Crippen molar-refractivity contribution in [1.82, 2.24) is 10.3 Å². The molecule has 1 atom stereocenters. The van der Waals surface area contributed by atoms with Crippen LogP contribution in [0, 0.1) is 30.6 Å². The molecule has 0 aliphatic carbocycles. The first-order valence-corrected chi connectivity index (χ1v) is 7.98. The van der Waals surface area contributed by atoms with Gasteiger partial charge in [-0.25, -0.2) is 4.98 Å². The van der Waals surface area contributed by atoms with Gasteiger partial charge in [-0.2, -0.15) is 5.26 Å². The minimum absolute atomic E-state index is 0.378. The molecule has 2 aliphatic heterocycles. The molecule has 112 valence electrons. The third-order valence-electron chi connectivity index (χ3n) is 4.96. The molecule has 0 aromatic carbocycles. The van der Waals surface area contributed by atoms with Gasteiger partial charge in [0, 0.05) is 30.7 Å². The first kappa shape index (κ1) is 14.3. The summed E-state index contributed by atoms with van der Waals surface area (Å²) in [5.41, 5.74) is 3.17. The number of nitrogens with one attached hydrogen (secondary N) is 1. The van der Waals surface area contributed by atoms with Gasteiger partial charge >= 0.3 is 0 Å². The van der Waals surface area contributed by atoms with Gasteiger partial charge in [-0.05, 0) is 57.7 Å². The summed E-state index contributed by atoms with van der Waals surface area (Å²) in [6.45, 7) is 8.33. The van der Waals surface area contributed by atoms with Crippen LogP contribution in [0.1, 0.15) is 42.5 Å². The van der Waals surface area contributed by atoms with Crippen LogP contribution < -0.4 is 10.2 Å². The van der Waals surface area contributed by atoms with E-state index in [9.17, 15) is 5.26 Å². The van der Waals surface area contributed by atoms with E-state index in [-0.39, 0.29) is 0 Å². The molecule has 21 heavy (non-hydrogen) atoms. The van der Waals surface area contributed by atoms with Crippen molar-refractivity contribution >= 4 is 5.82 Å². The van der Waals surface area contributed by atoms with E-state index in [0.717, 1.165) is 48.8 Å². The Labute approximate surface area is 127 Å². The second-order valence-electron chi connectivity index (χ2n) is 6.70. The summed E-state index contributed by atoms with van der Waals surface area (Å²) in [4.78, 5) is 7.05. The van der Waals surface area contributed by atoms with Crippen LogP contribution in [-0.2, 0) is 0 Å². The number of nitrogens with zero attached hydrogens (tertiary/aromatic N) is 3. The van der Waals surface area contributed by atoms with E-state index >= 15 is 0 Å². The molecular formula is C17H24N4. The highest BCUT2D eigenvalue weighted by Gasteiger charge is 2.37. The number of piperidine rings is 2. The molecule has 0 saturated carbocycles. The summed E-state index contributed by atoms with van der Waals surface area (Å²) in [5, 5.41) is 13.1. The lowest BCUT2D eigenvalue weighted by Gasteiger charge is -2.46. The molecule has 0 radical (unpaired) electrons. The van der Waals surface area contributed by atoms with E-state index in [1.165, 1.54) is 25.7 Å². The quantitative estimate of drug-likeness (QED) is 0.861. The number of hydrogen-bond donors (Lipinski definition) is 1. The molecule has 1 spiro atoms. The highest BCUT2D eigenvalue weighted by Crippen LogP contribution is 2.38. The van der Waals surface area contributed by atoms with Crippen LogP contribution in [0.25, 0.3) is 0 Å². The van der Waals surface area contributed by atoms with E-state index in [2.05, 4.69) is 21.3 Å². The monoisotopic (exact) mass is 284 g/mol. The van der Waals surface area contributed by atoms with Crippen molar-refractivity contribution < 1.29 is 0 Å². The van der Waals surface area contributed by atoms with Gasteiger partial charge in [0.25, 0.3) is 0 Å². The van der Waals surface area contributed by atoms with Crippen molar-refractivity contribution in [1.29, 1.82) is 5.26 Å². The summed E-state index contributed by atoms with van der Waals surface area (Å²) in [5.74, 6) is 0.902. The first-order valence-electron chi connectivity index (χ1n) is 7.98. The van der Waals surface area contributed by atoms with Gasteiger partial charge in [0.05, 0.1) is 5.56 Å². The maximum Gasteiger partial charge on any atom is 0.147 e. The van der Waals surface area contributed by atoms with Crippen molar-refractivity contribution in [3.8, 4) is 6.07 Å². The molecule has 4 nitrogen and oxygen atoms in total. The molecule has 2 aliphatic rings. The maximum absolute atomic E-state index is 9.49. The smallest absolute Gasteiger partial charge is 0.147 e. The molecule has 2 saturated heterocycles. The predicted octanol–water partition coefficient (Wildman–Crippen LogP) is 2.54. The lowest BCUT2D eigenvalue weighted by Crippen LogP contribution is -2.51. The number of aromatic nitrogens is 1. The average molecular weight is 284 g/mol. The molecule has 1 aromatic heterocycles. The van der Waals surface area contributed by atoms with E-state index < -0.39 is 0 Å². The second kappa shape index (κ2) is 5.65. The van der Waals surface area contributed by atoms with Gasteiger partial charge in [0.1, 0.15) is 11.9 Å². The van der Waals surface area contributed by atoms with E-state index in [1.54, 1.807) is 0 Å². The Morgan fingerprint density at radius 2 is 2.14 bits per heavy atom. The third kappa shape index (κ3) is 2.75. The molecule has 1 N–H and O–H groups in total. The van der Waals surface area contributed by atoms with Crippen LogP contribution in [-0.4, -0.2) is 31.2 Å². The van der Waals surface area contributed by atoms with Crippen LogP contribution in [0.3, 0.4) is 0 Å². The fourth-order valence-corrected chi connectivity index (χ4v) is 3.95. The van der Waals surface area contributed by atoms with Crippen LogP contribution in [0.2, 0.25) is 0 Å². The van der Waals surface area contributed by atoms with Crippen molar-refractivity contribution in [3.63, 3.8) is 0 Å². The van der Waals surface area contributed by atoms with Crippen LogP contribution in [0.4, 0.5) is 5.82 Å². The van der Waals surface area contributed by atoms with Crippen LogP contribution in [0.5, 0.6) is 0 Å². The standard InChI is InChI=1S/C17H24N4/c1-13-9-14(2)20-16(15(13)10-18)21-8-4-6-17(12-21)5-3-7-19-11-17/h9,19H,3-8,11-12H2,1-2H3. The Morgan fingerprint density at radius 1 is 1.33 bits per heavy atom. The largest absolute Gasteiger partial charge is 0.355 e. The molecule has 1 aromatic rings. The number of aryl methyl sites for hydroxylation is 2.